The van der Waals surface area contributed by atoms with Crippen LogP contribution in [0.2, 0.25) is 5.02 Å². The molecule has 1 unspecified atom stereocenters. The molecule has 0 saturated carbocycles. The molecule has 0 aromatic heterocycles. The van der Waals surface area contributed by atoms with Crippen LogP contribution in [0.25, 0.3) is 0 Å². The number of hydrogen-bond acceptors (Lipinski definition) is 2. The highest BCUT2D eigenvalue weighted by Crippen LogP contribution is 2.41. The molecule has 1 saturated heterocycles. The Morgan fingerprint density at radius 2 is 1.74 bits per heavy atom. The lowest BCUT2D eigenvalue weighted by molar-refractivity contribution is 0.361. The fourth-order valence-electron chi connectivity index (χ4n) is 2.66. The van der Waals surface area contributed by atoms with Crippen LogP contribution in [0.4, 0.5) is 0 Å². The molecular formula is C13H15Cl3O2S. The van der Waals surface area contributed by atoms with Crippen LogP contribution >= 0.6 is 34.8 Å². The molecule has 0 spiro atoms. The van der Waals surface area contributed by atoms with E-state index >= 15 is 0 Å². The molecule has 0 N–H and O–H groups in total. The Kier molecular flexibility index (Phi) is 4.71. The second-order valence-corrected chi connectivity index (χ2v) is 8.23. The summed E-state index contributed by atoms with van der Waals surface area (Å²) in [7, 11) is -2.96. The minimum absolute atomic E-state index is 0.0336. The molecule has 0 radical (unpaired) electrons. The summed E-state index contributed by atoms with van der Waals surface area (Å²) < 4.78 is 23.4. The first-order chi connectivity index (χ1) is 8.93. The standard InChI is InChI=1S/C13H15Cl3O2S/c14-8-13(9-15,10-1-3-12(16)4-2-10)11-5-6-19(17,18)7-11/h1-4,11H,5-9H2. The molecule has 106 valence electrons. The lowest BCUT2D eigenvalue weighted by Gasteiger charge is -2.35. The van der Waals surface area contributed by atoms with E-state index in [1.807, 2.05) is 12.1 Å². The Bertz CT molecular complexity index is 536. The van der Waals surface area contributed by atoms with Gasteiger partial charge >= 0.3 is 0 Å². The molecule has 1 aliphatic heterocycles. The van der Waals surface area contributed by atoms with Crippen molar-refractivity contribution in [3.8, 4) is 0 Å². The SMILES string of the molecule is O=S1(=O)CCC(C(CCl)(CCl)c2ccc(Cl)cc2)C1. The molecule has 1 aliphatic rings. The summed E-state index contributed by atoms with van der Waals surface area (Å²) in [6, 6.07) is 7.35. The maximum Gasteiger partial charge on any atom is 0.150 e. The zero-order valence-electron chi connectivity index (χ0n) is 10.3. The highest BCUT2D eigenvalue weighted by molar-refractivity contribution is 7.91. The molecule has 19 heavy (non-hydrogen) atoms. The topological polar surface area (TPSA) is 34.1 Å². The highest BCUT2D eigenvalue weighted by atomic mass is 35.5. The summed E-state index contributed by atoms with van der Waals surface area (Å²) in [4.78, 5) is 0. The Morgan fingerprint density at radius 3 is 2.16 bits per heavy atom. The Balaban J connectivity index is 2.40. The Morgan fingerprint density at radius 1 is 1.16 bits per heavy atom. The first-order valence-electron chi connectivity index (χ1n) is 6.02. The average Bonchev–Trinajstić information content (AvgIpc) is 2.74. The van der Waals surface area contributed by atoms with Crippen molar-refractivity contribution < 1.29 is 8.42 Å². The average molecular weight is 342 g/mol. The van der Waals surface area contributed by atoms with Crippen molar-refractivity contribution in [2.45, 2.75) is 11.8 Å². The van der Waals surface area contributed by atoms with E-state index < -0.39 is 15.3 Å². The Hall–Kier alpha value is 0.0400. The van der Waals surface area contributed by atoms with Gasteiger partial charge in [-0.1, -0.05) is 23.7 Å². The monoisotopic (exact) mass is 340 g/mol. The van der Waals surface area contributed by atoms with E-state index in [9.17, 15) is 8.42 Å². The van der Waals surface area contributed by atoms with Gasteiger partial charge in [-0.25, -0.2) is 8.42 Å². The third-order valence-electron chi connectivity index (χ3n) is 3.91. The molecule has 1 aromatic rings. The molecule has 2 nitrogen and oxygen atoms in total. The van der Waals surface area contributed by atoms with Gasteiger partial charge in [0.25, 0.3) is 0 Å². The van der Waals surface area contributed by atoms with Crippen LogP contribution < -0.4 is 0 Å². The minimum atomic E-state index is -2.96. The summed E-state index contributed by atoms with van der Waals surface area (Å²) in [6.07, 6.45) is 0.615. The molecule has 1 heterocycles. The van der Waals surface area contributed by atoms with Crippen LogP contribution in [0.3, 0.4) is 0 Å². The molecule has 2 rings (SSSR count). The molecule has 0 amide bonds. The predicted octanol–water partition coefficient (Wildman–Crippen LogP) is 3.49. The van der Waals surface area contributed by atoms with E-state index in [1.54, 1.807) is 12.1 Å². The van der Waals surface area contributed by atoms with Crippen LogP contribution in [-0.2, 0) is 15.3 Å². The summed E-state index contributed by atoms with van der Waals surface area (Å²) in [6.45, 7) is 0. The first kappa shape index (κ1) is 15.4. The van der Waals surface area contributed by atoms with E-state index in [0.717, 1.165) is 5.56 Å². The van der Waals surface area contributed by atoms with Gasteiger partial charge in [0, 0.05) is 22.2 Å². The molecule has 0 aliphatic carbocycles. The molecule has 1 fully saturated rings. The predicted molar refractivity (Wildman–Crippen MR) is 81.3 cm³/mol. The number of rotatable bonds is 4. The van der Waals surface area contributed by atoms with Gasteiger partial charge in [0.15, 0.2) is 9.84 Å². The van der Waals surface area contributed by atoms with Crippen LogP contribution in [0, 0.1) is 5.92 Å². The van der Waals surface area contributed by atoms with Crippen LogP contribution in [0.5, 0.6) is 0 Å². The van der Waals surface area contributed by atoms with Crippen molar-refractivity contribution >= 4 is 44.6 Å². The lowest BCUT2D eigenvalue weighted by atomic mass is 9.73. The molecular weight excluding hydrogens is 327 g/mol. The van der Waals surface area contributed by atoms with Crippen molar-refractivity contribution in [2.24, 2.45) is 5.92 Å². The third-order valence-corrected chi connectivity index (χ3v) is 6.88. The van der Waals surface area contributed by atoms with Gasteiger partial charge in [-0.2, -0.15) is 0 Å². The summed E-state index contributed by atoms with van der Waals surface area (Å²) in [5, 5.41) is 0.640. The maximum absolute atomic E-state index is 11.7. The fourth-order valence-corrected chi connectivity index (χ4v) is 5.72. The van der Waals surface area contributed by atoms with Gasteiger partial charge in [-0.15, -0.1) is 23.2 Å². The Labute approximate surface area is 129 Å². The normalized spacial score (nSPS) is 22.6. The van der Waals surface area contributed by atoms with Crippen LogP contribution in [0.1, 0.15) is 12.0 Å². The quantitative estimate of drug-likeness (QED) is 0.786. The van der Waals surface area contributed by atoms with Gasteiger partial charge in [-0.3, -0.25) is 0 Å². The second-order valence-electron chi connectivity index (χ2n) is 5.03. The summed E-state index contributed by atoms with van der Waals surface area (Å²) in [5.74, 6) is 0.959. The van der Waals surface area contributed by atoms with E-state index in [0.29, 0.717) is 23.2 Å². The van der Waals surface area contributed by atoms with Gasteiger partial charge in [0.1, 0.15) is 0 Å². The van der Waals surface area contributed by atoms with Gasteiger partial charge in [-0.05, 0) is 30.0 Å². The van der Waals surface area contributed by atoms with E-state index in [4.69, 9.17) is 34.8 Å². The molecule has 1 aromatic carbocycles. The van der Waals surface area contributed by atoms with Gasteiger partial charge in [0.2, 0.25) is 0 Å². The van der Waals surface area contributed by atoms with Crippen molar-refractivity contribution in [3.05, 3.63) is 34.9 Å². The molecule has 1 atom stereocenters. The highest BCUT2D eigenvalue weighted by Gasteiger charge is 2.44. The maximum atomic E-state index is 11.7. The smallest absolute Gasteiger partial charge is 0.150 e. The van der Waals surface area contributed by atoms with Gasteiger partial charge in [0.05, 0.1) is 11.5 Å². The summed E-state index contributed by atoms with van der Waals surface area (Å²) >= 11 is 18.2. The summed E-state index contributed by atoms with van der Waals surface area (Å²) in [5.41, 5.74) is 0.459. The van der Waals surface area contributed by atoms with Crippen molar-refractivity contribution in [1.29, 1.82) is 0 Å². The van der Waals surface area contributed by atoms with Crippen molar-refractivity contribution in [3.63, 3.8) is 0 Å². The fraction of sp³-hybridized carbons (Fsp3) is 0.538. The number of halogens is 3. The van der Waals surface area contributed by atoms with E-state index in [1.165, 1.54) is 0 Å². The van der Waals surface area contributed by atoms with Gasteiger partial charge < -0.3 is 0 Å². The largest absolute Gasteiger partial charge is 0.229 e. The van der Waals surface area contributed by atoms with E-state index in [2.05, 4.69) is 0 Å². The number of alkyl halides is 2. The zero-order chi connectivity index (χ0) is 14.1. The lowest BCUT2D eigenvalue weighted by Crippen LogP contribution is -2.40. The first-order valence-corrected chi connectivity index (χ1v) is 9.29. The molecule has 6 heteroatoms. The van der Waals surface area contributed by atoms with Crippen molar-refractivity contribution in [2.75, 3.05) is 23.3 Å². The van der Waals surface area contributed by atoms with Crippen molar-refractivity contribution in [1.82, 2.24) is 0 Å². The minimum Gasteiger partial charge on any atom is -0.229 e. The number of sulfone groups is 1. The van der Waals surface area contributed by atoms with Crippen LogP contribution in [-0.4, -0.2) is 31.7 Å². The molecule has 0 bridgehead atoms. The number of benzene rings is 1. The third kappa shape index (κ3) is 3.05. The number of hydrogen-bond donors (Lipinski definition) is 0. The zero-order valence-corrected chi connectivity index (χ0v) is 13.4. The second kappa shape index (κ2) is 5.80. The van der Waals surface area contributed by atoms with Crippen LogP contribution in [0.15, 0.2) is 24.3 Å². The van der Waals surface area contributed by atoms with E-state index in [-0.39, 0.29) is 17.4 Å².